The summed E-state index contributed by atoms with van der Waals surface area (Å²) < 4.78 is 25.0. The van der Waals surface area contributed by atoms with Crippen molar-refractivity contribution in [2.24, 2.45) is 4.99 Å². The molecule has 0 spiro atoms. The first kappa shape index (κ1) is 30.0. The lowest BCUT2D eigenvalue weighted by atomic mass is 9.95. The Kier molecular flexibility index (Phi) is 8.64. The minimum atomic E-state index is -0.881. The van der Waals surface area contributed by atoms with E-state index in [9.17, 15) is 19.7 Å². The van der Waals surface area contributed by atoms with Gasteiger partial charge in [-0.05, 0) is 50.6 Å². The van der Waals surface area contributed by atoms with Crippen LogP contribution in [0.3, 0.4) is 0 Å². The molecule has 0 fully saturated rings. The highest BCUT2D eigenvalue weighted by Gasteiger charge is 2.35. The summed E-state index contributed by atoms with van der Waals surface area (Å²) in [6, 6.07) is 12.0. The fraction of sp³-hybridized carbons (Fsp3) is 0.233. The predicted molar refractivity (Wildman–Crippen MR) is 163 cm³/mol. The molecule has 2 aromatic heterocycles. The number of carbonyl (C=O) groups excluding carboxylic acids is 1. The highest BCUT2D eigenvalue weighted by Crippen LogP contribution is 2.41. The molecule has 0 amide bonds. The van der Waals surface area contributed by atoms with Crippen molar-refractivity contribution >= 4 is 45.0 Å². The molecule has 2 aromatic carbocycles. The van der Waals surface area contributed by atoms with E-state index in [1.807, 2.05) is 6.92 Å². The average Bonchev–Trinajstić information content (AvgIpc) is 3.57. The van der Waals surface area contributed by atoms with Crippen LogP contribution in [0.5, 0.6) is 11.5 Å². The van der Waals surface area contributed by atoms with Crippen molar-refractivity contribution in [1.82, 2.24) is 4.57 Å². The van der Waals surface area contributed by atoms with Crippen LogP contribution in [0.1, 0.15) is 38.1 Å². The van der Waals surface area contributed by atoms with Gasteiger partial charge in [-0.1, -0.05) is 39.4 Å². The summed E-state index contributed by atoms with van der Waals surface area (Å²) in [4.78, 5) is 43.0. The van der Waals surface area contributed by atoms with Crippen LogP contribution in [-0.4, -0.2) is 35.8 Å². The standard InChI is InChI=1S/C30H26BrN3O8S/c1-5-40-24-15-21(31)20(14-23(24)39-4)27-26(29(36)41-6-2)16(3)32-30-33(27)28(35)25(43-30)13-19-10-11-22(42-19)17-8-7-9-18(12-17)34(37)38/h7-15,27H,5-6H2,1-4H3/b25-13+/t27-/m1/s1. The predicted octanol–water partition coefficient (Wildman–Crippen LogP) is 5.14. The third-order valence-corrected chi connectivity index (χ3v) is 8.31. The van der Waals surface area contributed by atoms with Gasteiger partial charge in [-0.2, -0.15) is 0 Å². The van der Waals surface area contributed by atoms with Crippen LogP contribution in [0, 0.1) is 10.1 Å². The van der Waals surface area contributed by atoms with Crippen LogP contribution < -0.4 is 24.4 Å². The monoisotopic (exact) mass is 667 g/mol. The number of non-ortho nitro benzene ring substituents is 1. The largest absolute Gasteiger partial charge is 0.493 e. The van der Waals surface area contributed by atoms with E-state index in [-0.39, 0.29) is 17.9 Å². The lowest BCUT2D eigenvalue weighted by Gasteiger charge is -2.26. The van der Waals surface area contributed by atoms with Crippen LogP contribution in [-0.2, 0) is 9.53 Å². The number of benzene rings is 2. The lowest BCUT2D eigenvalue weighted by Crippen LogP contribution is -2.40. The van der Waals surface area contributed by atoms with Crippen molar-refractivity contribution in [3.05, 3.63) is 105 Å². The van der Waals surface area contributed by atoms with Gasteiger partial charge in [0.25, 0.3) is 11.2 Å². The maximum atomic E-state index is 14.0. The number of thiazole rings is 1. The molecule has 4 aromatic rings. The number of nitro groups is 1. The molecule has 0 N–H and O–H groups in total. The molecular formula is C30H26BrN3O8S. The molecule has 3 heterocycles. The smallest absolute Gasteiger partial charge is 0.338 e. The molecule has 1 aliphatic heterocycles. The highest BCUT2D eigenvalue weighted by molar-refractivity contribution is 9.10. The van der Waals surface area contributed by atoms with Gasteiger partial charge in [-0.15, -0.1) is 0 Å². The quantitative estimate of drug-likeness (QED) is 0.136. The number of nitro benzene ring substituents is 1. The lowest BCUT2D eigenvalue weighted by molar-refractivity contribution is -0.384. The van der Waals surface area contributed by atoms with Crippen LogP contribution in [0.4, 0.5) is 5.69 Å². The molecule has 0 unspecified atom stereocenters. The number of esters is 1. The van der Waals surface area contributed by atoms with Gasteiger partial charge < -0.3 is 18.6 Å². The summed E-state index contributed by atoms with van der Waals surface area (Å²) in [6.45, 7) is 5.83. The summed E-state index contributed by atoms with van der Waals surface area (Å²) in [5.41, 5.74) is 1.29. The number of halogens is 1. The average molecular weight is 669 g/mol. The van der Waals surface area contributed by atoms with Crippen LogP contribution in [0.25, 0.3) is 17.4 Å². The Balaban J connectivity index is 1.66. The van der Waals surface area contributed by atoms with Crippen molar-refractivity contribution in [3.8, 4) is 22.8 Å². The van der Waals surface area contributed by atoms with Gasteiger partial charge >= 0.3 is 5.97 Å². The molecule has 0 radical (unpaired) electrons. The van der Waals surface area contributed by atoms with Gasteiger partial charge in [0.2, 0.25) is 0 Å². The molecule has 0 aliphatic carbocycles. The van der Waals surface area contributed by atoms with Gasteiger partial charge in [-0.25, -0.2) is 9.79 Å². The number of furan rings is 1. The van der Waals surface area contributed by atoms with E-state index >= 15 is 0 Å². The molecular weight excluding hydrogens is 642 g/mol. The minimum Gasteiger partial charge on any atom is -0.493 e. The molecule has 1 aliphatic rings. The van der Waals surface area contributed by atoms with Crippen molar-refractivity contribution in [3.63, 3.8) is 0 Å². The number of fused-ring (bicyclic) bond motifs is 1. The van der Waals surface area contributed by atoms with Gasteiger partial charge in [0.1, 0.15) is 11.5 Å². The van der Waals surface area contributed by atoms with Gasteiger partial charge in [0, 0.05) is 28.2 Å². The van der Waals surface area contributed by atoms with E-state index in [2.05, 4.69) is 20.9 Å². The Morgan fingerprint density at radius 1 is 1.19 bits per heavy atom. The first-order valence-corrected chi connectivity index (χ1v) is 14.8. The third kappa shape index (κ3) is 5.77. The zero-order valence-corrected chi connectivity index (χ0v) is 26.0. The Bertz CT molecular complexity index is 1960. The zero-order chi connectivity index (χ0) is 30.8. The van der Waals surface area contributed by atoms with Crippen molar-refractivity contribution < 1.29 is 28.3 Å². The van der Waals surface area contributed by atoms with E-state index < -0.39 is 22.5 Å². The fourth-order valence-corrected chi connectivity index (χ4v) is 6.33. The number of aromatic nitrogens is 1. The second-order valence-electron chi connectivity index (χ2n) is 9.27. The zero-order valence-electron chi connectivity index (χ0n) is 23.6. The summed E-state index contributed by atoms with van der Waals surface area (Å²) in [7, 11) is 1.51. The fourth-order valence-electron chi connectivity index (χ4n) is 4.76. The third-order valence-electron chi connectivity index (χ3n) is 6.64. The summed E-state index contributed by atoms with van der Waals surface area (Å²) >= 11 is 4.76. The number of nitrogens with zero attached hydrogens (tertiary/aromatic N) is 3. The Morgan fingerprint density at radius 3 is 2.67 bits per heavy atom. The topological polar surface area (TPSA) is 135 Å². The minimum absolute atomic E-state index is 0.0615. The Labute approximate surface area is 257 Å². The number of methoxy groups -OCH3 is 1. The van der Waals surface area contributed by atoms with Crippen LogP contribution in [0.2, 0.25) is 0 Å². The number of ether oxygens (including phenoxy) is 3. The molecule has 43 heavy (non-hydrogen) atoms. The molecule has 0 saturated carbocycles. The Hall–Kier alpha value is -4.49. The molecule has 11 nitrogen and oxygen atoms in total. The number of hydrogen-bond acceptors (Lipinski definition) is 10. The van der Waals surface area contributed by atoms with E-state index in [1.54, 1.807) is 56.3 Å². The number of allylic oxidation sites excluding steroid dienone is 1. The van der Waals surface area contributed by atoms with Crippen LogP contribution in [0.15, 0.2) is 78.5 Å². The first-order valence-electron chi connectivity index (χ1n) is 13.2. The summed E-state index contributed by atoms with van der Waals surface area (Å²) in [5, 5.41) is 11.2. The first-order chi connectivity index (χ1) is 20.7. The summed E-state index contributed by atoms with van der Waals surface area (Å²) in [6.07, 6.45) is 1.58. The number of carbonyl (C=O) groups is 1. The summed E-state index contributed by atoms with van der Waals surface area (Å²) in [5.74, 6) is 1.13. The maximum Gasteiger partial charge on any atom is 0.338 e. The highest BCUT2D eigenvalue weighted by atomic mass is 79.9. The normalized spacial score (nSPS) is 14.7. The van der Waals surface area contributed by atoms with Gasteiger partial charge in [-0.3, -0.25) is 19.5 Å². The van der Waals surface area contributed by atoms with E-state index in [0.29, 0.717) is 60.3 Å². The molecule has 1 atom stereocenters. The molecule has 222 valence electrons. The van der Waals surface area contributed by atoms with Crippen molar-refractivity contribution in [2.45, 2.75) is 26.8 Å². The second-order valence-corrected chi connectivity index (χ2v) is 11.1. The van der Waals surface area contributed by atoms with E-state index in [0.717, 1.165) is 11.3 Å². The van der Waals surface area contributed by atoms with E-state index in [1.165, 1.54) is 23.8 Å². The molecule has 0 bridgehead atoms. The molecule has 5 rings (SSSR count). The number of hydrogen-bond donors (Lipinski definition) is 0. The van der Waals surface area contributed by atoms with Crippen LogP contribution >= 0.6 is 27.3 Å². The van der Waals surface area contributed by atoms with Crippen molar-refractivity contribution in [1.29, 1.82) is 0 Å². The maximum absolute atomic E-state index is 14.0. The second kappa shape index (κ2) is 12.4. The van der Waals surface area contributed by atoms with E-state index in [4.69, 9.17) is 18.6 Å². The van der Waals surface area contributed by atoms with Gasteiger partial charge in [0.15, 0.2) is 16.3 Å². The Morgan fingerprint density at radius 2 is 1.98 bits per heavy atom. The van der Waals surface area contributed by atoms with Gasteiger partial charge in [0.05, 0.1) is 47.1 Å². The number of rotatable bonds is 9. The molecule has 13 heteroatoms. The van der Waals surface area contributed by atoms with Crippen molar-refractivity contribution in [2.75, 3.05) is 20.3 Å². The molecule has 0 saturated heterocycles. The SMILES string of the molecule is CCOC(=O)C1=C(C)N=c2s/c(=C/c3ccc(-c4cccc([N+](=O)[O-])c4)o3)c(=O)n2[C@@H]1c1cc(OC)c(OCC)cc1Br.